The number of thioether (sulfide) groups is 1. The maximum absolute atomic E-state index is 5.84. The van der Waals surface area contributed by atoms with Gasteiger partial charge in [0.1, 0.15) is 5.82 Å². The molecule has 0 aliphatic heterocycles. The van der Waals surface area contributed by atoms with Gasteiger partial charge in [0.25, 0.3) is 0 Å². The summed E-state index contributed by atoms with van der Waals surface area (Å²) in [5.41, 5.74) is 8.00. The lowest BCUT2D eigenvalue weighted by Gasteiger charge is -2.14. The van der Waals surface area contributed by atoms with Crippen molar-refractivity contribution in [2.24, 2.45) is 5.73 Å². The minimum absolute atomic E-state index is 0.125. The first-order valence-electron chi connectivity index (χ1n) is 5.49. The Morgan fingerprint density at radius 3 is 2.62 bits per heavy atom. The molecule has 1 heterocycles. The normalized spacial score (nSPS) is 12.6. The zero-order chi connectivity index (χ0) is 12.1. The summed E-state index contributed by atoms with van der Waals surface area (Å²) in [6, 6.07) is 0.125. The van der Waals surface area contributed by atoms with Gasteiger partial charge in [-0.2, -0.15) is 0 Å². The van der Waals surface area contributed by atoms with E-state index in [4.69, 9.17) is 5.73 Å². The Labute approximate surface area is 101 Å². The molecule has 5 heteroatoms. The molecule has 0 saturated heterocycles. The van der Waals surface area contributed by atoms with Gasteiger partial charge in [0.05, 0.1) is 0 Å². The molecule has 1 rings (SSSR count). The van der Waals surface area contributed by atoms with Gasteiger partial charge in [-0.05, 0) is 33.4 Å². The molecule has 0 aromatic carbocycles. The van der Waals surface area contributed by atoms with E-state index >= 15 is 0 Å². The van der Waals surface area contributed by atoms with Crippen molar-refractivity contribution in [3.63, 3.8) is 0 Å². The molecule has 1 aromatic rings. The van der Waals surface area contributed by atoms with E-state index in [0.29, 0.717) is 0 Å². The summed E-state index contributed by atoms with van der Waals surface area (Å²) in [6.07, 6.45) is 2.79. The molecule has 1 unspecified atom stereocenters. The molecule has 90 valence electrons. The van der Waals surface area contributed by atoms with Crippen LogP contribution in [0.25, 0.3) is 0 Å². The monoisotopic (exact) mass is 240 g/mol. The molecule has 0 spiro atoms. The van der Waals surface area contributed by atoms with Crippen LogP contribution in [0.5, 0.6) is 0 Å². The van der Waals surface area contributed by atoms with Crippen LogP contribution in [0.2, 0.25) is 0 Å². The summed E-state index contributed by atoms with van der Waals surface area (Å²) in [6.45, 7) is 6.93. The third-order valence-corrected chi connectivity index (χ3v) is 2.79. The minimum atomic E-state index is 0.125. The number of hydrogen-bond acceptors (Lipinski definition) is 5. The summed E-state index contributed by atoms with van der Waals surface area (Å²) >= 11 is 1.56. The van der Waals surface area contributed by atoms with Crippen molar-refractivity contribution in [1.82, 2.24) is 9.97 Å². The molecular weight excluding hydrogens is 220 g/mol. The summed E-state index contributed by atoms with van der Waals surface area (Å²) < 4.78 is 0. The third-order valence-electron chi connectivity index (χ3n) is 2.25. The number of aromatic nitrogens is 2. The first-order valence-corrected chi connectivity index (χ1v) is 6.71. The van der Waals surface area contributed by atoms with Crippen molar-refractivity contribution < 1.29 is 0 Å². The number of nitrogens with one attached hydrogen (secondary N) is 1. The maximum Gasteiger partial charge on any atom is 0.189 e. The number of aryl methyl sites for hydroxylation is 1. The first-order chi connectivity index (χ1) is 7.58. The second kappa shape index (κ2) is 6.06. The van der Waals surface area contributed by atoms with Gasteiger partial charge in [0.2, 0.25) is 0 Å². The van der Waals surface area contributed by atoms with Crippen LogP contribution in [-0.4, -0.2) is 28.8 Å². The van der Waals surface area contributed by atoms with Crippen molar-refractivity contribution in [2.45, 2.75) is 38.4 Å². The van der Waals surface area contributed by atoms with Gasteiger partial charge in [-0.25, -0.2) is 9.97 Å². The lowest BCUT2D eigenvalue weighted by Crippen LogP contribution is -2.20. The molecule has 3 N–H and O–H groups in total. The van der Waals surface area contributed by atoms with E-state index in [2.05, 4.69) is 22.2 Å². The molecule has 0 radical (unpaired) electrons. The van der Waals surface area contributed by atoms with Crippen molar-refractivity contribution in [3.8, 4) is 0 Å². The Kier molecular flexibility index (Phi) is 5.02. The maximum atomic E-state index is 5.84. The summed E-state index contributed by atoms with van der Waals surface area (Å²) in [7, 11) is 0. The van der Waals surface area contributed by atoms with Crippen LogP contribution >= 0.6 is 11.8 Å². The van der Waals surface area contributed by atoms with Crippen LogP contribution in [0.15, 0.2) is 5.16 Å². The summed E-state index contributed by atoms with van der Waals surface area (Å²) in [5, 5.41) is 4.08. The average molecular weight is 240 g/mol. The number of rotatable bonds is 5. The molecule has 0 amide bonds. The summed E-state index contributed by atoms with van der Waals surface area (Å²) in [5.74, 6) is 0.927. The second-order valence-electron chi connectivity index (χ2n) is 3.83. The highest BCUT2D eigenvalue weighted by atomic mass is 32.2. The van der Waals surface area contributed by atoms with Gasteiger partial charge in [0, 0.05) is 23.8 Å². The number of nitrogens with two attached hydrogens (primary N) is 1. The first kappa shape index (κ1) is 13.3. The Bertz CT molecular complexity index is 352. The van der Waals surface area contributed by atoms with Gasteiger partial charge in [-0.1, -0.05) is 11.8 Å². The average Bonchev–Trinajstić information content (AvgIpc) is 2.22. The molecule has 16 heavy (non-hydrogen) atoms. The van der Waals surface area contributed by atoms with Crippen LogP contribution < -0.4 is 11.1 Å². The van der Waals surface area contributed by atoms with E-state index in [9.17, 15) is 0 Å². The lowest BCUT2D eigenvalue weighted by atomic mass is 10.1. The fraction of sp³-hybridized carbons (Fsp3) is 0.636. The van der Waals surface area contributed by atoms with E-state index in [1.54, 1.807) is 11.8 Å². The zero-order valence-corrected chi connectivity index (χ0v) is 11.2. The van der Waals surface area contributed by atoms with Crippen LogP contribution in [0.1, 0.15) is 25.1 Å². The Balaban J connectivity index is 3.11. The molecule has 0 bridgehead atoms. The zero-order valence-electron chi connectivity index (χ0n) is 10.4. The van der Waals surface area contributed by atoms with Gasteiger partial charge < -0.3 is 11.1 Å². The molecule has 0 saturated carbocycles. The Hall–Kier alpha value is -0.810. The summed E-state index contributed by atoms with van der Waals surface area (Å²) in [4.78, 5) is 8.92. The topological polar surface area (TPSA) is 63.8 Å². The smallest absolute Gasteiger partial charge is 0.189 e. The van der Waals surface area contributed by atoms with Gasteiger partial charge in [-0.15, -0.1) is 0 Å². The highest BCUT2D eigenvalue weighted by Crippen LogP contribution is 2.21. The fourth-order valence-corrected chi connectivity index (χ4v) is 1.95. The SMILES string of the molecule is CCNc1nc(SC)nc(C)c1CC(C)N. The predicted octanol–water partition coefficient (Wildman–Crippen LogP) is 1.83. The van der Waals surface area contributed by atoms with Crippen molar-refractivity contribution in [3.05, 3.63) is 11.3 Å². The molecule has 0 aliphatic rings. The predicted molar refractivity (Wildman–Crippen MR) is 70.1 cm³/mol. The number of anilines is 1. The molecule has 0 aliphatic carbocycles. The van der Waals surface area contributed by atoms with Crippen LogP contribution in [0, 0.1) is 6.92 Å². The van der Waals surface area contributed by atoms with Crippen molar-refractivity contribution in [2.75, 3.05) is 18.1 Å². The van der Waals surface area contributed by atoms with Crippen LogP contribution in [0.4, 0.5) is 5.82 Å². The highest BCUT2D eigenvalue weighted by Gasteiger charge is 2.12. The van der Waals surface area contributed by atoms with E-state index in [1.165, 1.54) is 0 Å². The van der Waals surface area contributed by atoms with Crippen molar-refractivity contribution >= 4 is 17.6 Å². The second-order valence-corrected chi connectivity index (χ2v) is 4.61. The highest BCUT2D eigenvalue weighted by molar-refractivity contribution is 7.98. The van der Waals surface area contributed by atoms with E-state index in [-0.39, 0.29) is 6.04 Å². The molecule has 0 fully saturated rings. The minimum Gasteiger partial charge on any atom is -0.370 e. The number of hydrogen-bond donors (Lipinski definition) is 2. The molecular formula is C11H20N4S. The Morgan fingerprint density at radius 1 is 1.44 bits per heavy atom. The van der Waals surface area contributed by atoms with Gasteiger partial charge in [0.15, 0.2) is 5.16 Å². The van der Waals surface area contributed by atoms with E-state index in [0.717, 1.165) is 35.2 Å². The number of nitrogens with zero attached hydrogens (tertiary/aromatic N) is 2. The quantitative estimate of drug-likeness (QED) is 0.607. The Morgan fingerprint density at radius 2 is 2.12 bits per heavy atom. The lowest BCUT2D eigenvalue weighted by molar-refractivity contribution is 0.721. The molecule has 4 nitrogen and oxygen atoms in total. The van der Waals surface area contributed by atoms with Gasteiger partial charge in [-0.3, -0.25) is 0 Å². The molecule has 1 atom stereocenters. The van der Waals surface area contributed by atoms with Crippen LogP contribution in [-0.2, 0) is 6.42 Å². The molecule has 1 aromatic heterocycles. The van der Waals surface area contributed by atoms with E-state index in [1.807, 2.05) is 20.1 Å². The van der Waals surface area contributed by atoms with Crippen LogP contribution in [0.3, 0.4) is 0 Å². The van der Waals surface area contributed by atoms with Gasteiger partial charge >= 0.3 is 0 Å². The van der Waals surface area contributed by atoms with Crippen molar-refractivity contribution in [1.29, 1.82) is 0 Å². The third kappa shape index (κ3) is 3.35. The van der Waals surface area contributed by atoms with E-state index < -0.39 is 0 Å². The largest absolute Gasteiger partial charge is 0.370 e. The fourth-order valence-electron chi connectivity index (χ4n) is 1.54. The standard InChI is InChI=1S/C11H20N4S/c1-5-13-10-9(6-7(2)12)8(3)14-11(15-10)16-4/h7H,5-6,12H2,1-4H3,(H,13,14,15).